The van der Waals surface area contributed by atoms with Crippen LogP contribution in [-0.4, -0.2) is 23.5 Å². The fourth-order valence-electron chi connectivity index (χ4n) is 0.834. The minimum absolute atomic E-state index is 0.107. The molecular formula is C9H17NO3. The molecule has 0 aromatic rings. The molecule has 0 spiro atoms. The molecule has 4 nitrogen and oxygen atoms in total. The van der Waals surface area contributed by atoms with E-state index in [1.807, 2.05) is 13.8 Å². The highest BCUT2D eigenvalue weighted by molar-refractivity contribution is 5.82. The van der Waals surface area contributed by atoms with Crippen LogP contribution < -0.4 is 5.32 Å². The van der Waals surface area contributed by atoms with E-state index in [0.717, 1.165) is 0 Å². The van der Waals surface area contributed by atoms with Gasteiger partial charge in [0.25, 0.3) is 0 Å². The minimum Gasteiger partial charge on any atom is -0.481 e. The van der Waals surface area contributed by atoms with Gasteiger partial charge in [0.15, 0.2) is 0 Å². The van der Waals surface area contributed by atoms with Crippen molar-refractivity contribution in [3.63, 3.8) is 0 Å². The number of nitrogens with one attached hydrogen (secondary N) is 1. The monoisotopic (exact) mass is 187 g/mol. The van der Waals surface area contributed by atoms with Crippen molar-refractivity contribution in [2.45, 2.75) is 27.2 Å². The van der Waals surface area contributed by atoms with E-state index in [-0.39, 0.29) is 12.3 Å². The average molecular weight is 187 g/mol. The SMILES string of the molecule is CC(C)CNC(=O)[C@@H](C)CC(=O)O. The summed E-state index contributed by atoms with van der Waals surface area (Å²) in [5.74, 6) is -1.18. The summed E-state index contributed by atoms with van der Waals surface area (Å²) in [6.45, 7) is 6.19. The predicted molar refractivity (Wildman–Crippen MR) is 49.3 cm³/mol. The Balaban J connectivity index is 3.76. The first kappa shape index (κ1) is 11.9. The number of hydrogen-bond acceptors (Lipinski definition) is 2. The lowest BCUT2D eigenvalue weighted by molar-refractivity contribution is -0.140. The standard InChI is InChI=1S/C9H17NO3/c1-6(2)5-10-9(13)7(3)4-8(11)12/h6-7H,4-5H2,1-3H3,(H,10,13)(H,11,12)/t7-/m0/s1. The van der Waals surface area contributed by atoms with Gasteiger partial charge in [-0.1, -0.05) is 20.8 Å². The normalized spacial score (nSPS) is 12.6. The molecule has 0 saturated carbocycles. The van der Waals surface area contributed by atoms with Crippen molar-refractivity contribution in [3.05, 3.63) is 0 Å². The molecule has 0 aliphatic rings. The molecule has 0 radical (unpaired) electrons. The van der Waals surface area contributed by atoms with E-state index >= 15 is 0 Å². The van der Waals surface area contributed by atoms with Crippen molar-refractivity contribution < 1.29 is 14.7 Å². The number of carbonyl (C=O) groups excluding carboxylic acids is 1. The summed E-state index contributed by atoms with van der Waals surface area (Å²) in [4.78, 5) is 21.5. The van der Waals surface area contributed by atoms with Crippen LogP contribution in [0.1, 0.15) is 27.2 Å². The summed E-state index contributed by atoms with van der Waals surface area (Å²) in [6.07, 6.45) is -0.107. The second-order valence-corrected chi connectivity index (χ2v) is 3.64. The fourth-order valence-corrected chi connectivity index (χ4v) is 0.834. The molecule has 1 atom stereocenters. The number of rotatable bonds is 5. The highest BCUT2D eigenvalue weighted by Crippen LogP contribution is 2.01. The highest BCUT2D eigenvalue weighted by Gasteiger charge is 2.15. The Labute approximate surface area is 78.3 Å². The van der Waals surface area contributed by atoms with Gasteiger partial charge in [0, 0.05) is 12.5 Å². The summed E-state index contributed by atoms with van der Waals surface area (Å²) in [5.41, 5.74) is 0. The van der Waals surface area contributed by atoms with Gasteiger partial charge in [-0.25, -0.2) is 0 Å². The number of amides is 1. The van der Waals surface area contributed by atoms with Gasteiger partial charge in [-0.3, -0.25) is 9.59 Å². The fraction of sp³-hybridized carbons (Fsp3) is 0.778. The largest absolute Gasteiger partial charge is 0.481 e. The smallest absolute Gasteiger partial charge is 0.304 e. The zero-order valence-corrected chi connectivity index (χ0v) is 8.33. The van der Waals surface area contributed by atoms with Crippen molar-refractivity contribution >= 4 is 11.9 Å². The van der Waals surface area contributed by atoms with Crippen LogP contribution >= 0.6 is 0 Å². The van der Waals surface area contributed by atoms with Crippen molar-refractivity contribution in [2.75, 3.05) is 6.54 Å². The Morgan fingerprint density at radius 1 is 1.31 bits per heavy atom. The van der Waals surface area contributed by atoms with Crippen molar-refractivity contribution in [3.8, 4) is 0 Å². The molecule has 0 heterocycles. The Bertz CT molecular complexity index is 189. The maximum atomic E-state index is 11.2. The second kappa shape index (κ2) is 5.56. The molecule has 0 unspecified atom stereocenters. The Morgan fingerprint density at radius 3 is 2.23 bits per heavy atom. The van der Waals surface area contributed by atoms with Gasteiger partial charge in [-0.2, -0.15) is 0 Å². The lowest BCUT2D eigenvalue weighted by atomic mass is 10.1. The van der Waals surface area contributed by atoms with Crippen LogP contribution in [0.4, 0.5) is 0 Å². The van der Waals surface area contributed by atoms with Crippen LogP contribution in [-0.2, 0) is 9.59 Å². The number of aliphatic carboxylic acids is 1. The Hall–Kier alpha value is -1.06. The van der Waals surface area contributed by atoms with Crippen molar-refractivity contribution in [1.82, 2.24) is 5.32 Å². The molecule has 0 aromatic carbocycles. The van der Waals surface area contributed by atoms with Crippen molar-refractivity contribution in [2.24, 2.45) is 11.8 Å². The van der Waals surface area contributed by atoms with E-state index in [1.165, 1.54) is 0 Å². The maximum Gasteiger partial charge on any atom is 0.304 e. The van der Waals surface area contributed by atoms with E-state index in [1.54, 1.807) is 6.92 Å². The summed E-state index contributed by atoms with van der Waals surface area (Å²) in [7, 11) is 0. The van der Waals surface area contributed by atoms with Crippen molar-refractivity contribution in [1.29, 1.82) is 0 Å². The molecule has 0 saturated heterocycles. The first-order chi connectivity index (χ1) is 5.93. The second-order valence-electron chi connectivity index (χ2n) is 3.64. The molecule has 1 amide bonds. The number of carboxylic acid groups (broad SMARTS) is 1. The molecule has 2 N–H and O–H groups in total. The van der Waals surface area contributed by atoms with Crippen LogP contribution in [0.3, 0.4) is 0 Å². The van der Waals surface area contributed by atoms with Gasteiger partial charge >= 0.3 is 5.97 Å². The van der Waals surface area contributed by atoms with Gasteiger partial charge in [0.2, 0.25) is 5.91 Å². The third-order valence-electron chi connectivity index (χ3n) is 1.61. The Morgan fingerprint density at radius 2 is 1.85 bits per heavy atom. The molecule has 13 heavy (non-hydrogen) atoms. The first-order valence-corrected chi connectivity index (χ1v) is 4.43. The third-order valence-corrected chi connectivity index (χ3v) is 1.61. The van der Waals surface area contributed by atoms with E-state index in [4.69, 9.17) is 5.11 Å². The van der Waals surface area contributed by atoms with E-state index in [2.05, 4.69) is 5.32 Å². The molecule has 4 heteroatoms. The molecule has 0 rings (SSSR count). The van der Waals surface area contributed by atoms with Crippen LogP contribution in [0.15, 0.2) is 0 Å². The van der Waals surface area contributed by atoms with Crippen LogP contribution in [0.5, 0.6) is 0 Å². The van der Waals surface area contributed by atoms with Crippen LogP contribution in [0.2, 0.25) is 0 Å². The summed E-state index contributed by atoms with van der Waals surface area (Å²) in [5, 5.41) is 11.1. The molecule has 0 aliphatic carbocycles. The molecule has 76 valence electrons. The molecular weight excluding hydrogens is 170 g/mol. The zero-order valence-electron chi connectivity index (χ0n) is 8.33. The lowest BCUT2D eigenvalue weighted by Crippen LogP contribution is -2.33. The number of hydrogen-bond donors (Lipinski definition) is 2. The quantitative estimate of drug-likeness (QED) is 0.671. The first-order valence-electron chi connectivity index (χ1n) is 4.43. The summed E-state index contributed by atoms with van der Waals surface area (Å²) >= 11 is 0. The van der Waals surface area contributed by atoms with Gasteiger partial charge < -0.3 is 10.4 Å². The van der Waals surface area contributed by atoms with Crippen LogP contribution in [0.25, 0.3) is 0 Å². The van der Waals surface area contributed by atoms with E-state index < -0.39 is 11.9 Å². The lowest BCUT2D eigenvalue weighted by Gasteiger charge is -2.11. The van der Waals surface area contributed by atoms with Gasteiger partial charge in [-0.05, 0) is 5.92 Å². The zero-order chi connectivity index (χ0) is 10.4. The predicted octanol–water partition coefficient (Wildman–Crippen LogP) is 0.869. The number of carboxylic acids is 1. The molecule has 0 aromatic heterocycles. The maximum absolute atomic E-state index is 11.2. The summed E-state index contributed by atoms with van der Waals surface area (Å²) in [6, 6.07) is 0. The van der Waals surface area contributed by atoms with E-state index in [9.17, 15) is 9.59 Å². The topological polar surface area (TPSA) is 66.4 Å². The average Bonchev–Trinajstić information content (AvgIpc) is 1.98. The van der Waals surface area contributed by atoms with Crippen LogP contribution in [0, 0.1) is 11.8 Å². The van der Waals surface area contributed by atoms with Gasteiger partial charge in [-0.15, -0.1) is 0 Å². The Kier molecular flexibility index (Phi) is 5.11. The molecule has 0 bridgehead atoms. The van der Waals surface area contributed by atoms with E-state index in [0.29, 0.717) is 12.5 Å². The molecule has 0 aliphatic heterocycles. The minimum atomic E-state index is -0.938. The number of carbonyl (C=O) groups is 2. The van der Waals surface area contributed by atoms with Gasteiger partial charge in [0.1, 0.15) is 0 Å². The summed E-state index contributed by atoms with van der Waals surface area (Å²) < 4.78 is 0. The third kappa shape index (κ3) is 6.13. The highest BCUT2D eigenvalue weighted by atomic mass is 16.4. The van der Waals surface area contributed by atoms with Gasteiger partial charge in [0.05, 0.1) is 6.42 Å². The molecule has 0 fully saturated rings.